The Morgan fingerprint density at radius 1 is 1.22 bits per heavy atom. The van der Waals surface area contributed by atoms with Gasteiger partial charge in [0.15, 0.2) is 0 Å². The summed E-state index contributed by atoms with van der Waals surface area (Å²) in [5.74, 6) is 1.09. The highest BCUT2D eigenvalue weighted by atomic mass is 16.3. The molecule has 1 aromatic carbocycles. The Morgan fingerprint density at radius 2 is 1.94 bits per heavy atom. The summed E-state index contributed by atoms with van der Waals surface area (Å²) in [7, 11) is 0. The molecule has 2 rings (SSSR count). The van der Waals surface area contributed by atoms with E-state index in [0.29, 0.717) is 0 Å². The molecule has 0 radical (unpaired) electrons. The molecule has 1 aromatic heterocycles. The predicted octanol–water partition coefficient (Wildman–Crippen LogP) is 2.58. The van der Waals surface area contributed by atoms with Gasteiger partial charge in [-0.15, -0.1) is 0 Å². The Hall–Kier alpha value is -1.94. The van der Waals surface area contributed by atoms with Gasteiger partial charge in [-0.05, 0) is 36.8 Å². The molecule has 1 atom stereocenters. The summed E-state index contributed by atoms with van der Waals surface area (Å²) in [5.41, 5.74) is 0.854. The predicted molar refractivity (Wildman–Crippen MR) is 68.6 cm³/mol. The molecule has 3 N–H and O–H groups in total. The molecule has 0 spiro atoms. The van der Waals surface area contributed by atoms with Gasteiger partial charge in [-0.3, -0.25) is 0 Å². The third kappa shape index (κ3) is 3.28. The van der Waals surface area contributed by atoms with Crippen molar-refractivity contribution in [3.63, 3.8) is 0 Å². The molecule has 1 unspecified atom stereocenters. The number of benzene rings is 1. The fraction of sp³-hybridized carbons (Fsp3) is 0.286. The molecule has 0 fully saturated rings. The molecule has 0 aliphatic rings. The number of hydrogen-bond acceptors (Lipinski definition) is 4. The molecule has 0 bridgehead atoms. The zero-order chi connectivity index (χ0) is 13.0. The summed E-state index contributed by atoms with van der Waals surface area (Å²) in [6.07, 6.45) is 2.47. The normalized spacial score (nSPS) is 12.5. The highest BCUT2D eigenvalue weighted by molar-refractivity contribution is 5.37. The maximum Gasteiger partial charge on any atom is 0.119 e. The molecule has 1 heterocycles. The Kier molecular flexibility index (Phi) is 3.89. The standard InChI is InChI=1S/C14H17NO3/c1-10(11-7-12(16)9-13(17)8-11)15-5-4-14-3-2-6-18-14/h2-3,6-10,15-17H,4-5H2,1H3. The molecule has 4 heteroatoms. The minimum atomic E-state index is 0.0537. The quantitative estimate of drug-likeness (QED) is 0.759. The maximum absolute atomic E-state index is 9.42. The van der Waals surface area contributed by atoms with Gasteiger partial charge in [-0.2, -0.15) is 0 Å². The lowest BCUT2D eigenvalue weighted by molar-refractivity contribution is 0.445. The Labute approximate surface area is 106 Å². The van der Waals surface area contributed by atoms with Gasteiger partial charge in [-0.1, -0.05) is 0 Å². The average molecular weight is 247 g/mol. The molecule has 0 saturated carbocycles. The van der Waals surface area contributed by atoms with Crippen molar-refractivity contribution in [3.05, 3.63) is 47.9 Å². The first-order chi connectivity index (χ1) is 8.65. The van der Waals surface area contributed by atoms with Crippen LogP contribution >= 0.6 is 0 Å². The van der Waals surface area contributed by atoms with Crippen molar-refractivity contribution >= 4 is 0 Å². The van der Waals surface area contributed by atoms with E-state index in [4.69, 9.17) is 4.42 Å². The lowest BCUT2D eigenvalue weighted by atomic mass is 10.1. The largest absolute Gasteiger partial charge is 0.508 e. The number of rotatable bonds is 5. The fourth-order valence-electron chi connectivity index (χ4n) is 1.85. The Bertz CT molecular complexity index is 473. The van der Waals surface area contributed by atoms with E-state index in [2.05, 4.69) is 5.32 Å². The molecule has 18 heavy (non-hydrogen) atoms. The first kappa shape index (κ1) is 12.5. The topological polar surface area (TPSA) is 65.6 Å². The van der Waals surface area contributed by atoms with Gasteiger partial charge in [-0.25, -0.2) is 0 Å². The van der Waals surface area contributed by atoms with Crippen LogP contribution in [0.4, 0.5) is 0 Å². The van der Waals surface area contributed by atoms with Gasteiger partial charge in [0.25, 0.3) is 0 Å². The van der Waals surface area contributed by atoms with Crippen LogP contribution in [0.25, 0.3) is 0 Å². The molecule has 0 aliphatic heterocycles. The zero-order valence-electron chi connectivity index (χ0n) is 10.3. The number of furan rings is 1. The summed E-state index contributed by atoms with van der Waals surface area (Å²) >= 11 is 0. The van der Waals surface area contributed by atoms with Crippen molar-refractivity contribution in [2.24, 2.45) is 0 Å². The average Bonchev–Trinajstić information content (AvgIpc) is 2.80. The van der Waals surface area contributed by atoms with Gasteiger partial charge in [0.1, 0.15) is 17.3 Å². The first-order valence-electron chi connectivity index (χ1n) is 5.94. The number of nitrogens with one attached hydrogen (secondary N) is 1. The third-order valence-corrected chi connectivity index (χ3v) is 2.83. The molecule has 2 aromatic rings. The molecule has 0 saturated heterocycles. The monoisotopic (exact) mass is 247 g/mol. The van der Waals surface area contributed by atoms with Crippen molar-refractivity contribution in [1.82, 2.24) is 5.32 Å². The maximum atomic E-state index is 9.42. The van der Waals surface area contributed by atoms with Gasteiger partial charge >= 0.3 is 0 Å². The highest BCUT2D eigenvalue weighted by Gasteiger charge is 2.07. The van der Waals surface area contributed by atoms with Gasteiger partial charge in [0.05, 0.1) is 6.26 Å². The van der Waals surface area contributed by atoms with Crippen LogP contribution in [-0.4, -0.2) is 16.8 Å². The molecular formula is C14H17NO3. The molecule has 0 amide bonds. The van der Waals surface area contributed by atoms with Crippen LogP contribution in [0.15, 0.2) is 41.0 Å². The summed E-state index contributed by atoms with van der Waals surface area (Å²) in [5, 5.41) is 22.1. The summed E-state index contributed by atoms with van der Waals surface area (Å²) in [6, 6.07) is 8.46. The van der Waals surface area contributed by atoms with Crippen molar-refractivity contribution in [3.8, 4) is 11.5 Å². The molecule has 4 nitrogen and oxygen atoms in total. The van der Waals surface area contributed by atoms with E-state index in [1.807, 2.05) is 19.1 Å². The summed E-state index contributed by atoms with van der Waals surface area (Å²) < 4.78 is 5.24. The third-order valence-electron chi connectivity index (χ3n) is 2.83. The van der Waals surface area contributed by atoms with Crippen molar-refractivity contribution in [2.75, 3.05) is 6.54 Å². The van der Waals surface area contributed by atoms with Gasteiger partial charge in [0.2, 0.25) is 0 Å². The number of phenols is 2. The molecular weight excluding hydrogens is 230 g/mol. The van der Waals surface area contributed by atoms with Crippen LogP contribution in [0, 0.1) is 0 Å². The van der Waals surface area contributed by atoms with Crippen LogP contribution in [0.3, 0.4) is 0 Å². The van der Waals surface area contributed by atoms with Gasteiger partial charge in [0, 0.05) is 25.1 Å². The van der Waals surface area contributed by atoms with E-state index in [1.165, 1.54) is 6.07 Å². The molecule has 0 aliphatic carbocycles. The number of aromatic hydroxyl groups is 2. The zero-order valence-corrected chi connectivity index (χ0v) is 10.3. The summed E-state index contributed by atoms with van der Waals surface area (Å²) in [4.78, 5) is 0. The van der Waals surface area contributed by atoms with Crippen molar-refractivity contribution < 1.29 is 14.6 Å². The summed E-state index contributed by atoms with van der Waals surface area (Å²) in [6.45, 7) is 2.75. The second-order valence-corrected chi connectivity index (χ2v) is 4.29. The fourth-order valence-corrected chi connectivity index (χ4v) is 1.85. The second kappa shape index (κ2) is 5.60. The van der Waals surface area contributed by atoms with E-state index in [9.17, 15) is 10.2 Å². The number of phenolic OH excluding ortho intramolecular Hbond substituents is 2. The van der Waals surface area contributed by atoms with E-state index in [-0.39, 0.29) is 17.5 Å². The number of hydrogen-bond donors (Lipinski definition) is 3. The Morgan fingerprint density at radius 3 is 2.56 bits per heavy atom. The van der Waals surface area contributed by atoms with E-state index in [1.54, 1.807) is 18.4 Å². The minimum absolute atomic E-state index is 0.0537. The van der Waals surface area contributed by atoms with E-state index in [0.717, 1.165) is 24.3 Å². The van der Waals surface area contributed by atoms with Crippen LogP contribution < -0.4 is 5.32 Å². The van der Waals surface area contributed by atoms with Gasteiger partial charge < -0.3 is 19.9 Å². The lowest BCUT2D eigenvalue weighted by Gasteiger charge is -2.14. The van der Waals surface area contributed by atoms with E-state index < -0.39 is 0 Å². The molecule has 96 valence electrons. The van der Waals surface area contributed by atoms with Crippen LogP contribution in [0.2, 0.25) is 0 Å². The van der Waals surface area contributed by atoms with Crippen LogP contribution in [0.1, 0.15) is 24.3 Å². The lowest BCUT2D eigenvalue weighted by Crippen LogP contribution is -2.21. The van der Waals surface area contributed by atoms with Crippen molar-refractivity contribution in [1.29, 1.82) is 0 Å². The highest BCUT2D eigenvalue weighted by Crippen LogP contribution is 2.24. The first-order valence-corrected chi connectivity index (χ1v) is 5.94. The van der Waals surface area contributed by atoms with Crippen molar-refractivity contribution in [2.45, 2.75) is 19.4 Å². The second-order valence-electron chi connectivity index (χ2n) is 4.29. The smallest absolute Gasteiger partial charge is 0.119 e. The Balaban J connectivity index is 1.89. The van der Waals surface area contributed by atoms with Crippen LogP contribution in [0.5, 0.6) is 11.5 Å². The SMILES string of the molecule is CC(NCCc1ccco1)c1cc(O)cc(O)c1. The minimum Gasteiger partial charge on any atom is -0.508 e. The van der Waals surface area contributed by atoms with E-state index >= 15 is 0 Å². The van der Waals surface area contributed by atoms with Crippen LogP contribution in [-0.2, 0) is 6.42 Å².